The Labute approximate surface area is 116 Å². The summed E-state index contributed by atoms with van der Waals surface area (Å²) in [6, 6.07) is 6.82. The molecule has 0 bridgehead atoms. The van der Waals surface area contributed by atoms with Crippen LogP contribution in [-0.2, 0) is 0 Å². The van der Waals surface area contributed by atoms with Gasteiger partial charge in [0, 0.05) is 9.86 Å². The molecule has 3 heteroatoms. The highest BCUT2D eigenvalue weighted by molar-refractivity contribution is 9.10. The van der Waals surface area contributed by atoms with Crippen LogP contribution in [0.15, 0.2) is 27.1 Å². The molecule has 1 aliphatic carbocycles. The van der Waals surface area contributed by atoms with Crippen LogP contribution in [0.2, 0.25) is 0 Å². The van der Waals surface area contributed by atoms with Gasteiger partial charge in [0.2, 0.25) is 0 Å². The predicted molar refractivity (Wildman–Crippen MR) is 77.8 cm³/mol. The highest BCUT2D eigenvalue weighted by Gasteiger charge is 2.33. The standard InChI is InChI=1S/C15H18BrNO/c1-3-17-14(10-4-5-10)13-8-11-7-12(16)6-9(2)15(11)18-13/h6-8,10,14,17H,3-5H2,1-2H3. The van der Waals surface area contributed by atoms with Crippen molar-refractivity contribution in [1.82, 2.24) is 5.32 Å². The summed E-state index contributed by atoms with van der Waals surface area (Å²) < 4.78 is 7.20. The van der Waals surface area contributed by atoms with Gasteiger partial charge in [-0.05, 0) is 56.0 Å². The van der Waals surface area contributed by atoms with Crippen molar-refractivity contribution in [2.45, 2.75) is 32.7 Å². The summed E-state index contributed by atoms with van der Waals surface area (Å²) in [6.07, 6.45) is 2.63. The summed E-state index contributed by atoms with van der Waals surface area (Å²) in [6.45, 7) is 5.24. The van der Waals surface area contributed by atoms with Crippen molar-refractivity contribution in [2.75, 3.05) is 6.54 Å². The normalized spacial score (nSPS) is 17.3. The Balaban J connectivity index is 2.03. The van der Waals surface area contributed by atoms with Crippen molar-refractivity contribution in [3.63, 3.8) is 0 Å². The molecule has 0 amide bonds. The van der Waals surface area contributed by atoms with E-state index >= 15 is 0 Å². The zero-order chi connectivity index (χ0) is 12.7. The highest BCUT2D eigenvalue weighted by atomic mass is 79.9. The molecule has 3 rings (SSSR count). The van der Waals surface area contributed by atoms with Gasteiger partial charge in [0.15, 0.2) is 0 Å². The van der Waals surface area contributed by atoms with Gasteiger partial charge in [0.1, 0.15) is 11.3 Å². The molecule has 0 saturated heterocycles. The minimum Gasteiger partial charge on any atom is -0.459 e. The molecule has 1 fully saturated rings. The van der Waals surface area contributed by atoms with Crippen LogP contribution in [0.3, 0.4) is 0 Å². The molecule has 1 heterocycles. The molecule has 0 aliphatic heterocycles. The van der Waals surface area contributed by atoms with Gasteiger partial charge in [-0.25, -0.2) is 0 Å². The lowest BCUT2D eigenvalue weighted by atomic mass is 10.1. The van der Waals surface area contributed by atoms with E-state index in [1.807, 2.05) is 0 Å². The molecule has 0 radical (unpaired) electrons. The van der Waals surface area contributed by atoms with Gasteiger partial charge in [0.05, 0.1) is 6.04 Å². The van der Waals surface area contributed by atoms with Crippen molar-refractivity contribution in [3.8, 4) is 0 Å². The van der Waals surface area contributed by atoms with E-state index in [-0.39, 0.29) is 0 Å². The number of rotatable bonds is 4. The topological polar surface area (TPSA) is 25.2 Å². The molecule has 1 saturated carbocycles. The van der Waals surface area contributed by atoms with E-state index < -0.39 is 0 Å². The molecule has 1 aromatic heterocycles. The molecular formula is C15H18BrNO. The summed E-state index contributed by atoms with van der Waals surface area (Å²) in [4.78, 5) is 0. The Kier molecular flexibility index (Phi) is 3.20. The van der Waals surface area contributed by atoms with Crippen LogP contribution in [0.4, 0.5) is 0 Å². The second kappa shape index (κ2) is 4.71. The molecule has 1 N–H and O–H groups in total. The minimum absolute atomic E-state index is 0.389. The van der Waals surface area contributed by atoms with E-state index in [2.05, 4.69) is 53.3 Å². The van der Waals surface area contributed by atoms with Gasteiger partial charge in [-0.15, -0.1) is 0 Å². The average Bonchev–Trinajstić information content (AvgIpc) is 3.06. The number of aryl methyl sites for hydroxylation is 1. The second-order valence-electron chi connectivity index (χ2n) is 5.16. The zero-order valence-electron chi connectivity index (χ0n) is 10.8. The third-order valence-corrected chi connectivity index (χ3v) is 4.07. The van der Waals surface area contributed by atoms with Crippen LogP contribution in [0.25, 0.3) is 11.0 Å². The number of hydrogen-bond donors (Lipinski definition) is 1. The van der Waals surface area contributed by atoms with Gasteiger partial charge in [0.25, 0.3) is 0 Å². The lowest BCUT2D eigenvalue weighted by Crippen LogP contribution is -2.21. The fraction of sp³-hybridized carbons (Fsp3) is 0.467. The van der Waals surface area contributed by atoms with Crippen LogP contribution in [0, 0.1) is 12.8 Å². The molecule has 1 aliphatic rings. The first kappa shape index (κ1) is 12.2. The SMILES string of the molecule is CCNC(c1cc2cc(Br)cc(C)c2o1)C1CC1. The lowest BCUT2D eigenvalue weighted by molar-refractivity contribution is 0.403. The van der Waals surface area contributed by atoms with Gasteiger partial charge in [-0.1, -0.05) is 22.9 Å². The van der Waals surface area contributed by atoms with Crippen molar-refractivity contribution in [3.05, 3.63) is 34.0 Å². The van der Waals surface area contributed by atoms with Crippen molar-refractivity contribution < 1.29 is 4.42 Å². The van der Waals surface area contributed by atoms with E-state index in [1.165, 1.54) is 23.8 Å². The third-order valence-electron chi connectivity index (χ3n) is 3.61. The number of furan rings is 1. The maximum atomic E-state index is 6.09. The Hall–Kier alpha value is -0.800. The van der Waals surface area contributed by atoms with Crippen LogP contribution in [-0.4, -0.2) is 6.54 Å². The van der Waals surface area contributed by atoms with Crippen LogP contribution in [0.1, 0.15) is 37.1 Å². The van der Waals surface area contributed by atoms with Gasteiger partial charge >= 0.3 is 0 Å². The quantitative estimate of drug-likeness (QED) is 0.895. The van der Waals surface area contributed by atoms with E-state index in [0.717, 1.165) is 28.3 Å². The summed E-state index contributed by atoms with van der Waals surface area (Å²) in [5.74, 6) is 1.85. The fourth-order valence-corrected chi connectivity index (χ4v) is 3.20. The number of nitrogens with one attached hydrogen (secondary N) is 1. The van der Waals surface area contributed by atoms with Crippen LogP contribution in [0.5, 0.6) is 0 Å². The zero-order valence-corrected chi connectivity index (χ0v) is 12.4. The smallest absolute Gasteiger partial charge is 0.137 e. The van der Waals surface area contributed by atoms with E-state index in [0.29, 0.717) is 6.04 Å². The summed E-state index contributed by atoms with van der Waals surface area (Å²) in [5, 5.41) is 4.75. The predicted octanol–water partition coefficient (Wildman–Crippen LogP) is 4.56. The minimum atomic E-state index is 0.389. The first-order valence-corrected chi connectivity index (χ1v) is 7.41. The molecule has 1 aromatic carbocycles. The summed E-state index contributed by atoms with van der Waals surface area (Å²) in [7, 11) is 0. The molecule has 18 heavy (non-hydrogen) atoms. The molecule has 1 unspecified atom stereocenters. The molecule has 96 valence electrons. The third kappa shape index (κ3) is 2.21. The molecule has 2 nitrogen and oxygen atoms in total. The highest BCUT2D eigenvalue weighted by Crippen LogP contribution is 2.42. The lowest BCUT2D eigenvalue weighted by Gasteiger charge is -2.13. The maximum Gasteiger partial charge on any atom is 0.137 e. The van der Waals surface area contributed by atoms with Gasteiger partial charge in [-0.3, -0.25) is 0 Å². The van der Waals surface area contributed by atoms with Crippen molar-refractivity contribution in [1.29, 1.82) is 0 Å². The van der Waals surface area contributed by atoms with Crippen molar-refractivity contribution >= 4 is 26.9 Å². The molecule has 1 atom stereocenters. The Morgan fingerprint density at radius 3 is 2.83 bits per heavy atom. The molecule has 2 aromatic rings. The number of fused-ring (bicyclic) bond motifs is 1. The Morgan fingerprint density at radius 2 is 2.17 bits per heavy atom. The average molecular weight is 308 g/mol. The Bertz CT molecular complexity index is 571. The fourth-order valence-electron chi connectivity index (χ4n) is 2.61. The summed E-state index contributed by atoms with van der Waals surface area (Å²) >= 11 is 3.54. The van der Waals surface area contributed by atoms with Crippen LogP contribution < -0.4 is 5.32 Å². The first-order chi connectivity index (χ1) is 8.69. The van der Waals surface area contributed by atoms with Gasteiger partial charge in [-0.2, -0.15) is 0 Å². The maximum absolute atomic E-state index is 6.09. The van der Waals surface area contributed by atoms with E-state index in [9.17, 15) is 0 Å². The first-order valence-electron chi connectivity index (χ1n) is 6.62. The monoisotopic (exact) mass is 307 g/mol. The van der Waals surface area contributed by atoms with Crippen molar-refractivity contribution in [2.24, 2.45) is 5.92 Å². The second-order valence-corrected chi connectivity index (χ2v) is 6.08. The molecule has 0 spiro atoms. The molecular weight excluding hydrogens is 290 g/mol. The summed E-state index contributed by atoms with van der Waals surface area (Å²) in [5.41, 5.74) is 2.22. The van der Waals surface area contributed by atoms with Gasteiger partial charge < -0.3 is 9.73 Å². The van der Waals surface area contributed by atoms with E-state index in [4.69, 9.17) is 4.42 Å². The Morgan fingerprint density at radius 1 is 1.39 bits per heavy atom. The van der Waals surface area contributed by atoms with Crippen LogP contribution >= 0.6 is 15.9 Å². The number of hydrogen-bond acceptors (Lipinski definition) is 2. The number of halogens is 1. The number of benzene rings is 1. The van der Waals surface area contributed by atoms with E-state index in [1.54, 1.807) is 0 Å². The largest absolute Gasteiger partial charge is 0.459 e.